The Kier molecular flexibility index (Phi) is 6.00. The predicted octanol–water partition coefficient (Wildman–Crippen LogP) is 2.61. The van der Waals surface area contributed by atoms with Crippen LogP contribution < -0.4 is 5.73 Å². The summed E-state index contributed by atoms with van der Waals surface area (Å²) in [7, 11) is 0. The van der Waals surface area contributed by atoms with E-state index in [0.29, 0.717) is 28.9 Å². The average molecular weight is 302 g/mol. The van der Waals surface area contributed by atoms with Gasteiger partial charge < -0.3 is 15.2 Å². The molecule has 1 aromatic rings. The third-order valence-electron chi connectivity index (χ3n) is 2.08. The van der Waals surface area contributed by atoms with E-state index in [1.54, 1.807) is 18.2 Å². The van der Waals surface area contributed by atoms with Crippen LogP contribution in [0.15, 0.2) is 22.7 Å². The van der Waals surface area contributed by atoms with Gasteiger partial charge in [0, 0.05) is 11.1 Å². The lowest BCUT2D eigenvalue weighted by atomic mass is 10.2. The summed E-state index contributed by atoms with van der Waals surface area (Å²) in [4.78, 5) is 11.7. The molecule has 4 nitrogen and oxygen atoms in total. The smallest absolute Gasteiger partial charge is 0.340 e. The molecule has 0 radical (unpaired) electrons. The lowest BCUT2D eigenvalue weighted by Gasteiger charge is -2.08. The van der Waals surface area contributed by atoms with E-state index in [4.69, 9.17) is 15.2 Å². The summed E-state index contributed by atoms with van der Waals surface area (Å²) in [6.45, 7) is 3.35. The van der Waals surface area contributed by atoms with Crippen LogP contribution in [0.25, 0.3) is 0 Å². The third-order valence-corrected chi connectivity index (χ3v) is 2.77. The molecule has 17 heavy (non-hydrogen) atoms. The van der Waals surface area contributed by atoms with E-state index in [0.717, 1.165) is 6.42 Å². The molecule has 0 aliphatic carbocycles. The number of nitrogens with two attached hydrogens (primary N) is 1. The summed E-state index contributed by atoms with van der Waals surface area (Å²) in [5.41, 5.74) is 6.52. The van der Waals surface area contributed by atoms with Crippen LogP contribution in [0.1, 0.15) is 23.7 Å². The fourth-order valence-corrected chi connectivity index (χ4v) is 1.60. The maximum absolute atomic E-state index is 11.7. The Morgan fingerprint density at radius 1 is 1.35 bits per heavy atom. The van der Waals surface area contributed by atoms with E-state index in [2.05, 4.69) is 15.9 Å². The number of halogens is 1. The number of benzene rings is 1. The van der Waals surface area contributed by atoms with Gasteiger partial charge in [-0.2, -0.15) is 0 Å². The standard InChI is InChI=1S/C12H16BrNO3/c1-2-6-16-7-8-17-12(15)9-4-3-5-10(13)11(9)14/h3-5H,2,6-8,14H2,1H3. The maximum Gasteiger partial charge on any atom is 0.340 e. The van der Waals surface area contributed by atoms with E-state index in [9.17, 15) is 4.79 Å². The van der Waals surface area contributed by atoms with Gasteiger partial charge in [-0.3, -0.25) is 0 Å². The van der Waals surface area contributed by atoms with E-state index >= 15 is 0 Å². The Labute approximate surface area is 109 Å². The van der Waals surface area contributed by atoms with E-state index in [-0.39, 0.29) is 6.61 Å². The number of para-hydroxylation sites is 1. The molecule has 0 unspecified atom stereocenters. The molecule has 0 atom stereocenters. The topological polar surface area (TPSA) is 61.5 Å². The second kappa shape index (κ2) is 7.29. The first kappa shape index (κ1) is 14.0. The van der Waals surface area contributed by atoms with Crippen LogP contribution in [0.3, 0.4) is 0 Å². The van der Waals surface area contributed by atoms with Crippen molar-refractivity contribution in [2.24, 2.45) is 0 Å². The molecule has 94 valence electrons. The number of anilines is 1. The van der Waals surface area contributed by atoms with E-state index in [1.807, 2.05) is 6.92 Å². The number of rotatable bonds is 6. The molecule has 0 amide bonds. The molecular formula is C12H16BrNO3. The molecular weight excluding hydrogens is 286 g/mol. The first-order valence-corrected chi connectivity index (χ1v) is 6.25. The van der Waals surface area contributed by atoms with Crippen LogP contribution in [0, 0.1) is 0 Å². The van der Waals surface area contributed by atoms with Crippen molar-refractivity contribution >= 4 is 27.6 Å². The normalized spacial score (nSPS) is 10.2. The van der Waals surface area contributed by atoms with Crippen LogP contribution >= 0.6 is 15.9 Å². The van der Waals surface area contributed by atoms with Crippen molar-refractivity contribution in [3.05, 3.63) is 28.2 Å². The Bertz CT molecular complexity index is 382. The fraction of sp³-hybridized carbons (Fsp3) is 0.417. The Balaban J connectivity index is 2.44. The van der Waals surface area contributed by atoms with Crippen molar-refractivity contribution in [1.29, 1.82) is 0 Å². The number of esters is 1. The average Bonchev–Trinajstić information content (AvgIpc) is 2.32. The zero-order valence-electron chi connectivity index (χ0n) is 9.74. The summed E-state index contributed by atoms with van der Waals surface area (Å²) in [6, 6.07) is 5.15. The molecule has 0 aliphatic heterocycles. The van der Waals surface area contributed by atoms with Gasteiger partial charge in [0.05, 0.1) is 17.9 Å². The van der Waals surface area contributed by atoms with Crippen LogP contribution in [0.5, 0.6) is 0 Å². The maximum atomic E-state index is 11.7. The molecule has 2 N–H and O–H groups in total. The van der Waals surface area contributed by atoms with Crippen LogP contribution in [0.2, 0.25) is 0 Å². The number of hydrogen-bond donors (Lipinski definition) is 1. The zero-order valence-corrected chi connectivity index (χ0v) is 11.3. The van der Waals surface area contributed by atoms with Gasteiger partial charge in [0.25, 0.3) is 0 Å². The number of carbonyl (C=O) groups is 1. The quantitative estimate of drug-likeness (QED) is 0.498. The van der Waals surface area contributed by atoms with Gasteiger partial charge >= 0.3 is 5.97 Å². The first-order chi connectivity index (χ1) is 8.16. The SMILES string of the molecule is CCCOCCOC(=O)c1cccc(Br)c1N. The largest absolute Gasteiger partial charge is 0.460 e. The highest BCUT2D eigenvalue weighted by molar-refractivity contribution is 9.10. The molecule has 1 rings (SSSR count). The fourth-order valence-electron chi connectivity index (χ4n) is 1.23. The van der Waals surface area contributed by atoms with Gasteiger partial charge in [-0.15, -0.1) is 0 Å². The molecule has 1 aromatic carbocycles. The summed E-state index contributed by atoms with van der Waals surface area (Å²) < 4.78 is 10.9. The van der Waals surface area contributed by atoms with Gasteiger partial charge in [-0.05, 0) is 34.5 Å². The monoisotopic (exact) mass is 301 g/mol. The highest BCUT2D eigenvalue weighted by atomic mass is 79.9. The molecule has 0 saturated heterocycles. The van der Waals surface area contributed by atoms with Crippen molar-refractivity contribution < 1.29 is 14.3 Å². The summed E-state index contributed by atoms with van der Waals surface area (Å²) >= 11 is 3.26. The minimum absolute atomic E-state index is 0.241. The Morgan fingerprint density at radius 3 is 2.82 bits per heavy atom. The number of ether oxygens (including phenoxy) is 2. The predicted molar refractivity (Wildman–Crippen MR) is 69.9 cm³/mol. The number of hydrogen-bond acceptors (Lipinski definition) is 4. The lowest BCUT2D eigenvalue weighted by Crippen LogP contribution is -2.13. The van der Waals surface area contributed by atoms with Crippen molar-refractivity contribution in [3.8, 4) is 0 Å². The molecule has 5 heteroatoms. The number of carbonyl (C=O) groups excluding carboxylic acids is 1. The molecule has 0 saturated carbocycles. The van der Waals surface area contributed by atoms with Gasteiger partial charge in [0.2, 0.25) is 0 Å². The first-order valence-electron chi connectivity index (χ1n) is 5.45. The van der Waals surface area contributed by atoms with Crippen molar-refractivity contribution in [3.63, 3.8) is 0 Å². The molecule has 0 heterocycles. The van der Waals surface area contributed by atoms with Gasteiger partial charge in [-0.25, -0.2) is 4.79 Å². The van der Waals surface area contributed by atoms with Crippen LogP contribution in [-0.4, -0.2) is 25.8 Å². The van der Waals surface area contributed by atoms with E-state index < -0.39 is 5.97 Å². The van der Waals surface area contributed by atoms with Crippen LogP contribution in [-0.2, 0) is 9.47 Å². The molecule has 0 bridgehead atoms. The third kappa shape index (κ3) is 4.36. The summed E-state index contributed by atoms with van der Waals surface area (Å²) in [5.74, 6) is -0.427. The lowest BCUT2D eigenvalue weighted by molar-refractivity contribution is 0.0319. The Morgan fingerprint density at radius 2 is 2.12 bits per heavy atom. The molecule has 0 spiro atoms. The van der Waals surface area contributed by atoms with Crippen molar-refractivity contribution in [2.45, 2.75) is 13.3 Å². The van der Waals surface area contributed by atoms with Gasteiger partial charge in [-0.1, -0.05) is 13.0 Å². The minimum Gasteiger partial charge on any atom is -0.460 e. The highest BCUT2D eigenvalue weighted by Gasteiger charge is 2.12. The van der Waals surface area contributed by atoms with Crippen molar-refractivity contribution in [1.82, 2.24) is 0 Å². The summed E-state index contributed by atoms with van der Waals surface area (Å²) in [5, 5.41) is 0. The second-order valence-electron chi connectivity index (χ2n) is 3.45. The summed E-state index contributed by atoms with van der Waals surface area (Å²) in [6.07, 6.45) is 0.951. The molecule has 0 aliphatic rings. The van der Waals surface area contributed by atoms with E-state index in [1.165, 1.54) is 0 Å². The minimum atomic E-state index is -0.427. The molecule has 0 fully saturated rings. The van der Waals surface area contributed by atoms with Crippen molar-refractivity contribution in [2.75, 3.05) is 25.6 Å². The van der Waals surface area contributed by atoms with Gasteiger partial charge in [0.15, 0.2) is 0 Å². The highest BCUT2D eigenvalue weighted by Crippen LogP contribution is 2.23. The Hall–Kier alpha value is -1.07. The van der Waals surface area contributed by atoms with Crippen LogP contribution in [0.4, 0.5) is 5.69 Å². The zero-order chi connectivity index (χ0) is 12.7. The van der Waals surface area contributed by atoms with Gasteiger partial charge in [0.1, 0.15) is 6.61 Å². The molecule has 0 aromatic heterocycles. The second-order valence-corrected chi connectivity index (χ2v) is 4.30. The number of nitrogen functional groups attached to an aromatic ring is 1.